The minimum Gasteiger partial charge on any atom is -0.317 e. The molecule has 0 aromatic carbocycles. The fourth-order valence-electron chi connectivity index (χ4n) is 2.74. The topological polar surface area (TPSA) is 112 Å². The van der Waals surface area contributed by atoms with E-state index >= 15 is 0 Å². The molecule has 10 nitrogen and oxygen atoms in total. The van der Waals surface area contributed by atoms with Crippen LogP contribution in [0.25, 0.3) is 0 Å². The highest BCUT2D eigenvalue weighted by atomic mass is 19.4. The van der Waals surface area contributed by atoms with E-state index in [9.17, 15) is 35.9 Å². The van der Waals surface area contributed by atoms with Crippen LogP contribution in [0.2, 0.25) is 0 Å². The Morgan fingerprint density at radius 3 is 1.66 bits per heavy atom. The molecule has 0 radical (unpaired) electrons. The van der Waals surface area contributed by atoms with Crippen LogP contribution in [0.3, 0.4) is 0 Å². The summed E-state index contributed by atoms with van der Waals surface area (Å²) < 4.78 is 80.8. The Balaban J connectivity index is 1.83. The Morgan fingerprint density at radius 2 is 1.22 bits per heavy atom. The van der Waals surface area contributed by atoms with Gasteiger partial charge in [-0.25, -0.2) is 0 Å². The summed E-state index contributed by atoms with van der Waals surface area (Å²) in [7, 11) is 3.68. The van der Waals surface area contributed by atoms with Crippen molar-refractivity contribution >= 4 is 23.2 Å². The van der Waals surface area contributed by atoms with Gasteiger partial charge in [0, 0.05) is 39.6 Å². The zero-order valence-electron chi connectivity index (χ0n) is 16.5. The van der Waals surface area contributed by atoms with Crippen molar-refractivity contribution in [2.75, 3.05) is 10.6 Å². The monoisotopic (exact) mass is 464 g/mol. The number of nitrogens with one attached hydrogen (secondary N) is 2. The van der Waals surface area contributed by atoms with Gasteiger partial charge in [-0.2, -0.15) is 41.6 Å². The number of hydrogen-bond donors (Lipinski definition) is 2. The van der Waals surface area contributed by atoms with Crippen LogP contribution < -0.4 is 10.6 Å². The molecule has 16 heteroatoms. The molecule has 3 aromatic heterocycles. The standard InChI is InChI=1S/C16H14F6N8O2/c1-28-5-8(11(26-28)15(17,18)19)23-13(31)7-4-10(30(3)25-7)14(32)24-9-6-29(2)27-12(9)16(20,21)22/h4-6H,1-3H3,(H,23,31)(H,24,32). The zero-order valence-corrected chi connectivity index (χ0v) is 16.5. The Hall–Kier alpha value is -3.85. The predicted octanol–water partition coefficient (Wildman–Crippen LogP) is 2.43. The summed E-state index contributed by atoms with van der Waals surface area (Å²) in [4.78, 5) is 24.8. The molecule has 3 aromatic rings. The van der Waals surface area contributed by atoms with E-state index in [1.807, 2.05) is 10.6 Å². The van der Waals surface area contributed by atoms with E-state index in [4.69, 9.17) is 0 Å². The third-order valence-corrected chi connectivity index (χ3v) is 4.04. The van der Waals surface area contributed by atoms with Crippen LogP contribution in [0, 0.1) is 0 Å². The van der Waals surface area contributed by atoms with Gasteiger partial charge in [-0.1, -0.05) is 0 Å². The largest absolute Gasteiger partial charge is 0.437 e. The lowest BCUT2D eigenvalue weighted by atomic mass is 10.3. The third kappa shape index (κ3) is 4.57. The Labute approximate surface area is 174 Å². The third-order valence-electron chi connectivity index (χ3n) is 4.04. The van der Waals surface area contributed by atoms with Gasteiger partial charge in [0.05, 0.1) is 11.4 Å². The number of carbonyl (C=O) groups excluding carboxylic acids is 2. The number of anilines is 2. The number of hydrogen-bond acceptors (Lipinski definition) is 5. The van der Waals surface area contributed by atoms with Crippen LogP contribution >= 0.6 is 0 Å². The summed E-state index contributed by atoms with van der Waals surface area (Å²) in [6, 6.07) is 0.915. The summed E-state index contributed by atoms with van der Waals surface area (Å²) in [5.74, 6) is -2.13. The van der Waals surface area contributed by atoms with E-state index in [-0.39, 0.29) is 5.69 Å². The van der Waals surface area contributed by atoms with Crippen LogP contribution in [0.15, 0.2) is 18.5 Å². The second-order valence-corrected chi connectivity index (χ2v) is 6.57. The molecule has 0 aliphatic rings. The van der Waals surface area contributed by atoms with Crippen molar-refractivity contribution < 1.29 is 35.9 Å². The van der Waals surface area contributed by atoms with E-state index in [0.29, 0.717) is 0 Å². The van der Waals surface area contributed by atoms with Gasteiger partial charge in [0.25, 0.3) is 11.8 Å². The van der Waals surface area contributed by atoms with Gasteiger partial charge in [-0.3, -0.25) is 23.6 Å². The molecule has 2 N–H and O–H groups in total. The number of nitrogens with zero attached hydrogens (tertiary/aromatic N) is 6. The summed E-state index contributed by atoms with van der Waals surface area (Å²) in [6.45, 7) is 0. The number of rotatable bonds is 4. The Bertz CT molecular complexity index is 1190. The molecule has 0 fully saturated rings. The van der Waals surface area contributed by atoms with Crippen molar-refractivity contribution in [2.45, 2.75) is 12.4 Å². The van der Waals surface area contributed by atoms with Crippen molar-refractivity contribution in [1.82, 2.24) is 29.3 Å². The highest BCUT2D eigenvalue weighted by Gasteiger charge is 2.39. The fraction of sp³-hybridized carbons (Fsp3) is 0.312. The van der Waals surface area contributed by atoms with Crippen LogP contribution in [0.4, 0.5) is 37.7 Å². The summed E-state index contributed by atoms with van der Waals surface area (Å²) in [5, 5.41) is 14.3. The number of amides is 2. The average molecular weight is 464 g/mol. The molecule has 0 bridgehead atoms. The molecule has 0 saturated heterocycles. The van der Waals surface area contributed by atoms with Crippen LogP contribution in [0.1, 0.15) is 32.4 Å². The predicted molar refractivity (Wildman–Crippen MR) is 95.5 cm³/mol. The number of halogens is 6. The lowest BCUT2D eigenvalue weighted by molar-refractivity contribution is -0.141. The lowest BCUT2D eigenvalue weighted by Crippen LogP contribution is -2.18. The molecule has 3 heterocycles. The van der Waals surface area contributed by atoms with Gasteiger partial charge in [0.1, 0.15) is 5.69 Å². The van der Waals surface area contributed by atoms with Gasteiger partial charge in [-0.05, 0) is 0 Å². The molecule has 0 aliphatic heterocycles. The van der Waals surface area contributed by atoms with Crippen LogP contribution in [-0.2, 0) is 33.5 Å². The molecule has 172 valence electrons. The Morgan fingerprint density at radius 1 is 0.781 bits per heavy atom. The number of aromatic nitrogens is 6. The molecular weight excluding hydrogens is 450 g/mol. The number of alkyl halides is 6. The van der Waals surface area contributed by atoms with Crippen molar-refractivity contribution in [3.8, 4) is 0 Å². The van der Waals surface area contributed by atoms with Gasteiger partial charge >= 0.3 is 12.4 Å². The van der Waals surface area contributed by atoms with E-state index in [1.54, 1.807) is 0 Å². The molecule has 32 heavy (non-hydrogen) atoms. The fourth-order valence-corrected chi connectivity index (χ4v) is 2.74. The summed E-state index contributed by atoms with van der Waals surface area (Å²) >= 11 is 0. The first-order chi connectivity index (χ1) is 14.7. The van der Waals surface area contributed by atoms with Gasteiger partial charge in [0.2, 0.25) is 0 Å². The second kappa shape index (κ2) is 7.69. The molecule has 0 aliphatic carbocycles. The van der Waals surface area contributed by atoms with E-state index in [1.165, 1.54) is 21.1 Å². The quantitative estimate of drug-likeness (QED) is 0.577. The Kier molecular flexibility index (Phi) is 5.48. The molecule has 0 spiro atoms. The number of aryl methyl sites for hydroxylation is 3. The highest BCUT2D eigenvalue weighted by molar-refractivity contribution is 6.07. The first-order valence-electron chi connectivity index (χ1n) is 8.55. The normalized spacial score (nSPS) is 12.2. The van der Waals surface area contributed by atoms with Crippen molar-refractivity contribution in [3.05, 3.63) is 41.2 Å². The van der Waals surface area contributed by atoms with Crippen LogP contribution in [0.5, 0.6) is 0 Å². The molecular formula is C16H14F6N8O2. The van der Waals surface area contributed by atoms with Gasteiger partial charge < -0.3 is 10.6 Å². The number of carbonyl (C=O) groups is 2. The second-order valence-electron chi connectivity index (χ2n) is 6.57. The van der Waals surface area contributed by atoms with E-state index in [0.717, 1.165) is 32.5 Å². The van der Waals surface area contributed by atoms with E-state index in [2.05, 4.69) is 15.3 Å². The van der Waals surface area contributed by atoms with Gasteiger partial charge in [-0.15, -0.1) is 0 Å². The first kappa shape index (κ1) is 22.8. The minimum absolute atomic E-state index is 0.325. The maximum Gasteiger partial charge on any atom is 0.437 e. The van der Waals surface area contributed by atoms with Crippen LogP contribution in [-0.4, -0.2) is 41.2 Å². The first-order valence-corrected chi connectivity index (χ1v) is 8.55. The lowest BCUT2D eigenvalue weighted by Gasteiger charge is -2.07. The summed E-state index contributed by atoms with van der Waals surface area (Å²) in [6.07, 6.45) is -7.80. The molecule has 0 atom stereocenters. The maximum absolute atomic E-state index is 13.0. The van der Waals surface area contributed by atoms with Crippen molar-refractivity contribution in [1.29, 1.82) is 0 Å². The molecule has 3 rings (SSSR count). The molecule has 2 amide bonds. The minimum atomic E-state index is -4.83. The average Bonchev–Trinajstić information content (AvgIpc) is 3.31. The molecule has 0 saturated carbocycles. The van der Waals surface area contributed by atoms with E-state index < -0.39 is 52.6 Å². The smallest absolute Gasteiger partial charge is 0.317 e. The maximum atomic E-state index is 13.0. The van der Waals surface area contributed by atoms with Gasteiger partial charge in [0.15, 0.2) is 17.1 Å². The zero-order chi connectivity index (χ0) is 24.0. The van der Waals surface area contributed by atoms with Crippen molar-refractivity contribution in [3.63, 3.8) is 0 Å². The SMILES string of the molecule is Cn1cc(NC(=O)c2cc(C(=O)Nc3cn(C)nc3C(F)(F)F)n(C)n2)c(C(F)(F)F)n1. The van der Waals surface area contributed by atoms with Crippen molar-refractivity contribution in [2.24, 2.45) is 21.1 Å². The molecule has 0 unspecified atom stereocenters. The highest BCUT2D eigenvalue weighted by Crippen LogP contribution is 2.34. The summed E-state index contributed by atoms with van der Waals surface area (Å²) in [5.41, 5.74) is -4.69.